The topological polar surface area (TPSA) is 111 Å². The molecule has 0 radical (unpaired) electrons. The largest absolute Gasteiger partial charge is 0.481 e. The molecule has 0 aromatic heterocycles. The second kappa shape index (κ2) is 11.6. The van der Waals surface area contributed by atoms with Crippen molar-refractivity contribution >= 4 is 17.9 Å². The standard InChI is InChI=1S/C38H59NO7/c1-22(2)23(3)34(5)16-17-36(7)25-12-13-28-35(6)20-44-21-38(28,26(25)14-15-37(36,8)31(34)32(41)42)19-27(45-24(4)40)30(35)33(43)46-29-11-9-10-18-39-29/h14,22-23,25,27-31,39H,9-13,15-21H2,1-8H3,(H,41,42)/t23?,25-,27+,28+,29?,30+,31+,34+,35-,36+,37-,38+/m0/s1. The van der Waals surface area contributed by atoms with Gasteiger partial charge in [-0.05, 0) is 104 Å². The van der Waals surface area contributed by atoms with E-state index in [1.165, 1.54) is 12.5 Å². The van der Waals surface area contributed by atoms with Gasteiger partial charge in [-0.1, -0.05) is 60.1 Å². The van der Waals surface area contributed by atoms with Crippen LogP contribution in [0.5, 0.6) is 0 Å². The van der Waals surface area contributed by atoms with Crippen LogP contribution in [0.1, 0.15) is 113 Å². The minimum absolute atomic E-state index is 0.179. The smallest absolute Gasteiger partial charge is 0.314 e. The van der Waals surface area contributed by atoms with E-state index < -0.39 is 34.7 Å². The third-order valence-electron chi connectivity index (χ3n) is 15.3. The van der Waals surface area contributed by atoms with Crippen LogP contribution in [-0.4, -0.2) is 55.1 Å². The van der Waals surface area contributed by atoms with Crippen LogP contribution in [-0.2, 0) is 28.6 Å². The van der Waals surface area contributed by atoms with Gasteiger partial charge in [-0.3, -0.25) is 19.7 Å². The Morgan fingerprint density at radius 2 is 1.72 bits per heavy atom. The number of piperidine rings is 1. The molecule has 2 saturated heterocycles. The summed E-state index contributed by atoms with van der Waals surface area (Å²) in [6.07, 6.45) is 9.36. The molecule has 2 aliphatic heterocycles. The first kappa shape index (κ1) is 34.0. The summed E-state index contributed by atoms with van der Waals surface area (Å²) in [6.45, 7) is 19.0. The van der Waals surface area contributed by atoms with Gasteiger partial charge in [0, 0.05) is 17.8 Å². The zero-order valence-corrected chi connectivity index (χ0v) is 29.6. The van der Waals surface area contributed by atoms with Gasteiger partial charge >= 0.3 is 17.9 Å². The normalized spacial score (nSPS) is 47.4. The maximum Gasteiger partial charge on any atom is 0.314 e. The number of hydrogen-bond donors (Lipinski definition) is 2. The summed E-state index contributed by atoms with van der Waals surface area (Å²) in [7, 11) is 0. The van der Waals surface area contributed by atoms with E-state index in [4.69, 9.17) is 14.2 Å². The molecule has 0 spiro atoms. The van der Waals surface area contributed by atoms with Gasteiger partial charge in [-0.2, -0.15) is 0 Å². The molecule has 4 aliphatic carbocycles. The van der Waals surface area contributed by atoms with E-state index >= 15 is 0 Å². The SMILES string of the molecule is CC(=O)O[C@@H]1C[C@]23COC[C@](C)([C@H]1C(=O)OC1CCCCN1)[C@H]2CC[C@H]1C3=CC[C@@]2(C)[C@H](C(=O)O)[C@@](C)(C(C)C(C)C)CC[C@]12C. The van der Waals surface area contributed by atoms with Crippen molar-refractivity contribution in [1.29, 1.82) is 0 Å². The number of hydrogen-bond acceptors (Lipinski definition) is 7. The molecule has 5 fully saturated rings. The summed E-state index contributed by atoms with van der Waals surface area (Å²) >= 11 is 0. The molecule has 2 heterocycles. The van der Waals surface area contributed by atoms with Crippen LogP contribution in [0.3, 0.4) is 0 Å². The van der Waals surface area contributed by atoms with E-state index in [0.29, 0.717) is 32.0 Å². The Morgan fingerprint density at radius 3 is 2.35 bits per heavy atom. The number of nitrogens with one attached hydrogen (secondary N) is 1. The maximum absolute atomic E-state index is 14.1. The van der Waals surface area contributed by atoms with Crippen molar-refractivity contribution in [3.8, 4) is 0 Å². The highest BCUT2D eigenvalue weighted by atomic mass is 16.6. The lowest BCUT2D eigenvalue weighted by Gasteiger charge is -2.71. The number of aliphatic carboxylic acids is 1. The quantitative estimate of drug-likeness (QED) is 0.242. The van der Waals surface area contributed by atoms with E-state index in [0.717, 1.165) is 51.5 Å². The minimum atomic E-state index is -0.665. The molecule has 12 atom stereocenters. The number of ether oxygens (including phenoxy) is 3. The molecule has 3 saturated carbocycles. The van der Waals surface area contributed by atoms with Crippen molar-refractivity contribution in [2.45, 2.75) is 126 Å². The minimum Gasteiger partial charge on any atom is -0.481 e. The van der Waals surface area contributed by atoms with E-state index in [1.54, 1.807) is 0 Å². The van der Waals surface area contributed by atoms with Gasteiger partial charge in [-0.25, -0.2) is 0 Å². The van der Waals surface area contributed by atoms with Gasteiger partial charge in [0.2, 0.25) is 0 Å². The van der Waals surface area contributed by atoms with E-state index in [1.807, 2.05) is 0 Å². The van der Waals surface area contributed by atoms with Crippen molar-refractivity contribution in [1.82, 2.24) is 5.32 Å². The van der Waals surface area contributed by atoms with E-state index in [9.17, 15) is 19.5 Å². The average molecular weight is 642 g/mol. The molecule has 258 valence electrons. The van der Waals surface area contributed by atoms with Crippen LogP contribution < -0.4 is 5.32 Å². The highest BCUT2D eigenvalue weighted by Crippen LogP contribution is 2.75. The summed E-state index contributed by atoms with van der Waals surface area (Å²) in [5.74, 6) is -1.32. The van der Waals surface area contributed by atoms with Crippen LogP contribution in [0, 0.1) is 62.6 Å². The number of carbonyl (C=O) groups excluding carboxylic acids is 2. The molecule has 6 aliphatic rings. The van der Waals surface area contributed by atoms with Crippen molar-refractivity contribution in [3.05, 3.63) is 11.6 Å². The predicted octanol–water partition coefficient (Wildman–Crippen LogP) is 6.77. The van der Waals surface area contributed by atoms with Gasteiger partial charge in [0.1, 0.15) is 12.0 Å². The van der Waals surface area contributed by atoms with Crippen LogP contribution in [0.15, 0.2) is 11.6 Å². The van der Waals surface area contributed by atoms with Crippen molar-refractivity contribution in [2.75, 3.05) is 19.8 Å². The van der Waals surface area contributed by atoms with Gasteiger partial charge in [0.05, 0.1) is 19.1 Å². The molecule has 2 N–H and O–H groups in total. The van der Waals surface area contributed by atoms with E-state index in [2.05, 4.69) is 59.9 Å². The lowest BCUT2D eigenvalue weighted by Crippen LogP contribution is -2.69. The Kier molecular flexibility index (Phi) is 8.56. The number of allylic oxidation sites excluding steroid dienone is 1. The molecular formula is C38H59NO7. The molecule has 0 amide bonds. The van der Waals surface area contributed by atoms with E-state index in [-0.39, 0.29) is 52.2 Å². The predicted molar refractivity (Wildman–Crippen MR) is 174 cm³/mol. The summed E-state index contributed by atoms with van der Waals surface area (Å²) in [5.41, 5.74) is -0.467. The summed E-state index contributed by atoms with van der Waals surface area (Å²) in [6, 6.07) is 0. The second-order valence-corrected chi connectivity index (χ2v) is 17.6. The van der Waals surface area contributed by atoms with Crippen LogP contribution >= 0.6 is 0 Å². The van der Waals surface area contributed by atoms with Crippen molar-refractivity contribution in [2.24, 2.45) is 62.6 Å². The highest BCUT2D eigenvalue weighted by Gasteiger charge is 2.72. The molecular weight excluding hydrogens is 582 g/mol. The first-order valence-electron chi connectivity index (χ1n) is 18.2. The molecule has 46 heavy (non-hydrogen) atoms. The van der Waals surface area contributed by atoms with Crippen molar-refractivity contribution in [3.63, 3.8) is 0 Å². The lowest BCUT2D eigenvalue weighted by molar-refractivity contribution is -0.246. The number of rotatable bonds is 6. The van der Waals surface area contributed by atoms with Crippen LogP contribution in [0.4, 0.5) is 0 Å². The number of fused-ring (bicyclic) bond motifs is 3. The third-order valence-corrected chi connectivity index (χ3v) is 15.3. The number of carboxylic acid groups (broad SMARTS) is 1. The van der Waals surface area contributed by atoms with Crippen LogP contribution in [0.2, 0.25) is 0 Å². The van der Waals surface area contributed by atoms with Crippen LogP contribution in [0.25, 0.3) is 0 Å². The second-order valence-electron chi connectivity index (χ2n) is 17.6. The molecule has 2 bridgehead atoms. The third kappa shape index (κ3) is 4.76. The molecule has 8 nitrogen and oxygen atoms in total. The van der Waals surface area contributed by atoms with Gasteiger partial charge in [0.25, 0.3) is 0 Å². The van der Waals surface area contributed by atoms with Gasteiger partial charge < -0.3 is 19.3 Å². The first-order valence-corrected chi connectivity index (χ1v) is 18.2. The maximum atomic E-state index is 14.1. The molecule has 0 aromatic rings. The van der Waals surface area contributed by atoms with Gasteiger partial charge in [-0.15, -0.1) is 0 Å². The Labute approximate surface area is 276 Å². The highest BCUT2D eigenvalue weighted by molar-refractivity contribution is 5.76. The number of esters is 2. The Bertz CT molecular complexity index is 1270. The molecule has 6 rings (SSSR count). The first-order chi connectivity index (χ1) is 21.5. The lowest BCUT2D eigenvalue weighted by atomic mass is 9.34. The summed E-state index contributed by atoms with van der Waals surface area (Å²) in [4.78, 5) is 40.0. The zero-order chi connectivity index (χ0) is 33.4. The average Bonchev–Trinajstić information content (AvgIpc) is 2.97. The van der Waals surface area contributed by atoms with Gasteiger partial charge in [0.15, 0.2) is 6.23 Å². The Morgan fingerprint density at radius 1 is 0.978 bits per heavy atom. The fourth-order valence-electron chi connectivity index (χ4n) is 12.5. The fourth-order valence-corrected chi connectivity index (χ4v) is 12.5. The molecule has 2 unspecified atom stereocenters. The molecule has 8 heteroatoms. The zero-order valence-electron chi connectivity index (χ0n) is 29.6. The van der Waals surface area contributed by atoms with Crippen molar-refractivity contribution < 1.29 is 33.7 Å². The summed E-state index contributed by atoms with van der Waals surface area (Å²) < 4.78 is 18.7. The number of carbonyl (C=O) groups is 3. The monoisotopic (exact) mass is 641 g/mol. The Hall–Kier alpha value is -1.93. The summed E-state index contributed by atoms with van der Waals surface area (Å²) in [5, 5.41) is 14.3. The molecule has 0 aromatic carbocycles. The number of carboxylic acids is 1. The fraction of sp³-hybridized carbons (Fsp3) is 0.868. The Balaban J connectivity index is 1.40.